The normalized spacial score (nSPS) is 21.3. The Balaban J connectivity index is 2.28. The molecule has 1 unspecified atom stereocenters. The molecule has 1 aliphatic rings. The predicted molar refractivity (Wildman–Crippen MR) is 54.7 cm³/mol. The summed E-state index contributed by atoms with van der Waals surface area (Å²) in [6.45, 7) is 5.98. The molecular weight excluding hydrogens is 164 g/mol. The Morgan fingerprint density at radius 3 is 2.92 bits per heavy atom. The van der Waals surface area contributed by atoms with Gasteiger partial charge < -0.3 is 10.5 Å². The summed E-state index contributed by atoms with van der Waals surface area (Å²) >= 11 is 0. The van der Waals surface area contributed by atoms with Crippen LogP contribution in [0, 0.1) is 0 Å². The summed E-state index contributed by atoms with van der Waals surface area (Å²) in [5.41, 5.74) is 7.15. The maximum Gasteiger partial charge on any atom is 0.0673 e. The van der Waals surface area contributed by atoms with Crippen LogP contribution in [0.1, 0.15) is 13.3 Å². The second-order valence-electron chi connectivity index (χ2n) is 3.78. The molecule has 0 bridgehead atoms. The lowest BCUT2D eigenvalue weighted by atomic mass is 10.1. The summed E-state index contributed by atoms with van der Waals surface area (Å²) in [4.78, 5) is 2.38. The van der Waals surface area contributed by atoms with Crippen molar-refractivity contribution in [2.24, 2.45) is 5.73 Å². The quantitative estimate of drug-likeness (QED) is 0.651. The van der Waals surface area contributed by atoms with Crippen molar-refractivity contribution >= 4 is 0 Å². The third-order valence-corrected chi connectivity index (χ3v) is 2.26. The van der Waals surface area contributed by atoms with Crippen LogP contribution < -0.4 is 5.73 Å². The van der Waals surface area contributed by atoms with E-state index in [1.54, 1.807) is 7.11 Å². The number of hydrogen-bond donors (Lipinski definition) is 1. The Morgan fingerprint density at radius 2 is 2.46 bits per heavy atom. The van der Waals surface area contributed by atoms with E-state index in [4.69, 9.17) is 10.5 Å². The van der Waals surface area contributed by atoms with Gasteiger partial charge in [0, 0.05) is 32.8 Å². The molecule has 0 aromatic carbocycles. The largest absolute Gasteiger partial charge is 0.380 e. The number of ether oxygens (including phenoxy) is 1. The average molecular weight is 184 g/mol. The minimum absolute atomic E-state index is 0.275. The van der Waals surface area contributed by atoms with E-state index in [1.807, 2.05) is 6.92 Å². The number of methoxy groups -OCH3 is 1. The standard InChI is InChI=1S/C10H20N2O/c1-9(11)7-12-5-3-10(4-6-12)8-13-2/h3,9H,4-8,11H2,1-2H3. The molecule has 0 saturated carbocycles. The van der Waals surface area contributed by atoms with Gasteiger partial charge in [-0.25, -0.2) is 0 Å². The van der Waals surface area contributed by atoms with Gasteiger partial charge in [-0.3, -0.25) is 4.90 Å². The van der Waals surface area contributed by atoms with Gasteiger partial charge in [-0.2, -0.15) is 0 Å². The Labute approximate surface area is 80.5 Å². The summed E-state index contributed by atoms with van der Waals surface area (Å²) in [6, 6.07) is 0.275. The Bertz CT molecular complexity index is 178. The molecule has 0 amide bonds. The zero-order chi connectivity index (χ0) is 9.68. The number of hydrogen-bond acceptors (Lipinski definition) is 3. The molecule has 0 radical (unpaired) electrons. The Kier molecular flexibility index (Phi) is 4.42. The number of rotatable bonds is 4. The second kappa shape index (κ2) is 5.37. The first kappa shape index (κ1) is 10.7. The highest BCUT2D eigenvalue weighted by atomic mass is 16.5. The lowest BCUT2D eigenvalue weighted by Crippen LogP contribution is -2.38. The molecule has 3 heteroatoms. The number of nitrogens with two attached hydrogens (primary N) is 1. The van der Waals surface area contributed by atoms with Gasteiger partial charge in [-0.05, 0) is 18.9 Å². The molecule has 0 saturated heterocycles. The third kappa shape index (κ3) is 3.89. The summed E-state index contributed by atoms with van der Waals surface area (Å²) in [5.74, 6) is 0. The molecule has 13 heavy (non-hydrogen) atoms. The maximum atomic E-state index is 5.73. The van der Waals surface area contributed by atoms with Crippen molar-refractivity contribution in [2.45, 2.75) is 19.4 Å². The summed E-state index contributed by atoms with van der Waals surface area (Å²) in [7, 11) is 1.75. The fourth-order valence-corrected chi connectivity index (χ4v) is 1.64. The molecule has 0 aliphatic carbocycles. The SMILES string of the molecule is COCC1=CCN(CC(C)N)CC1. The molecule has 3 nitrogen and oxygen atoms in total. The Morgan fingerprint density at radius 1 is 1.69 bits per heavy atom. The van der Waals surface area contributed by atoms with E-state index >= 15 is 0 Å². The average Bonchev–Trinajstić information content (AvgIpc) is 2.08. The molecule has 0 aromatic rings. The number of nitrogens with zero attached hydrogens (tertiary/aromatic N) is 1. The monoisotopic (exact) mass is 184 g/mol. The molecule has 0 aromatic heterocycles. The van der Waals surface area contributed by atoms with E-state index in [9.17, 15) is 0 Å². The van der Waals surface area contributed by atoms with E-state index in [0.29, 0.717) is 0 Å². The van der Waals surface area contributed by atoms with Crippen molar-refractivity contribution in [3.8, 4) is 0 Å². The highest BCUT2D eigenvalue weighted by Gasteiger charge is 2.11. The highest BCUT2D eigenvalue weighted by Crippen LogP contribution is 2.10. The van der Waals surface area contributed by atoms with Gasteiger partial charge >= 0.3 is 0 Å². The molecule has 0 fully saturated rings. The molecule has 1 aliphatic heterocycles. The van der Waals surface area contributed by atoms with Crippen LogP contribution in [0.25, 0.3) is 0 Å². The van der Waals surface area contributed by atoms with Gasteiger partial charge in [-0.1, -0.05) is 6.08 Å². The highest BCUT2D eigenvalue weighted by molar-refractivity contribution is 5.07. The first-order valence-corrected chi connectivity index (χ1v) is 4.87. The predicted octanol–water partition coefficient (Wildman–Crippen LogP) is 0.612. The molecule has 1 heterocycles. The molecular formula is C10H20N2O. The van der Waals surface area contributed by atoms with Gasteiger partial charge in [0.25, 0.3) is 0 Å². The van der Waals surface area contributed by atoms with Crippen molar-refractivity contribution in [3.63, 3.8) is 0 Å². The van der Waals surface area contributed by atoms with Gasteiger partial charge in [0.05, 0.1) is 6.61 Å². The third-order valence-electron chi connectivity index (χ3n) is 2.26. The van der Waals surface area contributed by atoms with Crippen LogP contribution in [-0.4, -0.2) is 44.3 Å². The van der Waals surface area contributed by atoms with E-state index < -0.39 is 0 Å². The molecule has 76 valence electrons. The molecule has 1 atom stereocenters. The zero-order valence-electron chi connectivity index (χ0n) is 8.62. The van der Waals surface area contributed by atoms with Crippen molar-refractivity contribution in [2.75, 3.05) is 33.4 Å². The molecule has 2 N–H and O–H groups in total. The topological polar surface area (TPSA) is 38.5 Å². The first-order chi connectivity index (χ1) is 6.22. The molecule has 1 rings (SSSR count). The van der Waals surface area contributed by atoms with Crippen LogP contribution in [0.15, 0.2) is 11.6 Å². The van der Waals surface area contributed by atoms with E-state index in [-0.39, 0.29) is 6.04 Å². The van der Waals surface area contributed by atoms with Gasteiger partial charge in [0.2, 0.25) is 0 Å². The van der Waals surface area contributed by atoms with Gasteiger partial charge in [-0.15, -0.1) is 0 Å². The summed E-state index contributed by atoms with van der Waals surface area (Å²) < 4.78 is 5.09. The van der Waals surface area contributed by atoms with Crippen LogP contribution in [0.5, 0.6) is 0 Å². The van der Waals surface area contributed by atoms with Gasteiger partial charge in [0.1, 0.15) is 0 Å². The Hall–Kier alpha value is -0.380. The van der Waals surface area contributed by atoms with Crippen LogP contribution in [-0.2, 0) is 4.74 Å². The van der Waals surface area contributed by atoms with Crippen molar-refractivity contribution in [1.82, 2.24) is 4.90 Å². The van der Waals surface area contributed by atoms with Crippen molar-refractivity contribution < 1.29 is 4.74 Å². The minimum atomic E-state index is 0.275. The lowest BCUT2D eigenvalue weighted by molar-refractivity contribution is 0.210. The summed E-state index contributed by atoms with van der Waals surface area (Å²) in [6.07, 6.45) is 3.38. The maximum absolute atomic E-state index is 5.73. The van der Waals surface area contributed by atoms with E-state index in [0.717, 1.165) is 32.7 Å². The van der Waals surface area contributed by atoms with Crippen LogP contribution in [0.3, 0.4) is 0 Å². The molecule has 0 spiro atoms. The fourth-order valence-electron chi connectivity index (χ4n) is 1.64. The fraction of sp³-hybridized carbons (Fsp3) is 0.800. The van der Waals surface area contributed by atoms with Crippen LogP contribution >= 0.6 is 0 Å². The van der Waals surface area contributed by atoms with Crippen LogP contribution in [0.4, 0.5) is 0 Å². The van der Waals surface area contributed by atoms with E-state index in [2.05, 4.69) is 11.0 Å². The summed E-state index contributed by atoms with van der Waals surface area (Å²) in [5, 5.41) is 0. The van der Waals surface area contributed by atoms with Crippen molar-refractivity contribution in [1.29, 1.82) is 0 Å². The smallest absolute Gasteiger partial charge is 0.0673 e. The van der Waals surface area contributed by atoms with E-state index in [1.165, 1.54) is 5.57 Å². The second-order valence-corrected chi connectivity index (χ2v) is 3.78. The lowest BCUT2D eigenvalue weighted by Gasteiger charge is -2.27. The zero-order valence-corrected chi connectivity index (χ0v) is 8.62. The first-order valence-electron chi connectivity index (χ1n) is 4.87. The van der Waals surface area contributed by atoms with Crippen LogP contribution in [0.2, 0.25) is 0 Å². The minimum Gasteiger partial charge on any atom is -0.380 e. The van der Waals surface area contributed by atoms with Gasteiger partial charge in [0.15, 0.2) is 0 Å². The van der Waals surface area contributed by atoms with Crippen molar-refractivity contribution in [3.05, 3.63) is 11.6 Å².